The number of aryl methyl sites for hydroxylation is 2. The van der Waals surface area contributed by atoms with Crippen LogP contribution in [0.4, 0.5) is 10.7 Å². The van der Waals surface area contributed by atoms with Gasteiger partial charge in [0.15, 0.2) is 4.91 Å². The van der Waals surface area contributed by atoms with Crippen LogP contribution in [0.1, 0.15) is 36.2 Å². The van der Waals surface area contributed by atoms with E-state index in [1.165, 1.54) is 0 Å². The van der Waals surface area contributed by atoms with Crippen molar-refractivity contribution in [1.82, 2.24) is 20.0 Å². The largest absolute Gasteiger partial charge is 0.478 e. The summed E-state index contributed by atoms with van der Waals surface area (Å²) in [5.74, 6) is 0.00868. The van der Waals surface area contributed by atoms with Crippen molar-refractivity contribution < 1.29 is 17.9 Å². The maximum atomic E-state index is 12.4. The van der Waals surface area contributed by atoms with Crippen LogP contribution in [0.25, 0.3) is 0 Å². The number of aromatic nitrogens is 2. The van der Waals surface area contributed by atoms with E-state index >= 15 is 0 Å². The number of amides is 2. The van der Waals surface area contributed by atoms with Gasteiger partial charge in [0.05, 0.1) is 6.61 Å². The molecule has 2 heterocycles. The van der Waals surface area contributed by atoms with Gasteiger partial charge in [-0.15, -0.1) is 0 Å². The Morgan fingerprint density at radius 1 is 1.26 bits per heavy atom. The molecular formula is C16H22N6O4S. The first-order valence-corrected chi connectivity index (χ1v) is 10.2. The Bertz CT molecular complexity index is 888. The highest BCUT2D eigenvalue weighted by Gasteiger charge is 2.26. The summed E-state index contributed by atoms with van der Waals surface area (Å²) in [5, 5.41) is 12.5. The minimum Gasteiger partial charge on any atom is -0.478 e. The Hall–Kier alpha value is -2.69. The monoisotopic (exact) mass is 394 g/mol. The van der Waals surface area contributed by atoms with Gasteiger partial charge < -0.3 is 15.5 Å². The second-order valence-corrected chi connectivity index (χ2v) is 7.94. The number of hydrogen-bond acceptors (Lipinski definition) is 8. The van der Waals surface area contributed by atoms with Crippen LogP contribution in [-0.4, -0.2) is 43.8 Å². The van der Waals surface area contributed by atoms with Crippen molar-refractivity contribution in [2.75, 3.05) is 18.5 Å². The lowest BCUT2D eigenvalue weighted by atomic mass is 9.95. The zero-order valence-corrected chi connectivity index (χ0v) is 15.8. The predicted octanol–water partition coefficient (Wildman–Crippen LogP) is 0.944. The number of allylic oxidation sites excluding steroid dienone is 1. The van der Waals surface area contributed by atoms with Crippen molar-refractivity contribution in [3.05, 3.63) is 27.7 Å². The number of hydrogen-bond donors (Lipinski definition) is 4. The Morgan fingerprint density at radius 3 is 2.74 bits per heavy atom. The third kappa shape index (κ3) is 4.35. The van der Waals surface area contributed by atoms with Crippen molar-refractivity contribution in [2.45, 2.75) is 39.0 Å². The Balaban J connectivity index is 1.75. The molecule has 0 aromatic carbocycles. The fourth-order valence-electron chi connectivity index (χ4n) is 3.06. The molecule has 3 rings (SSSR count). The molecule has 10 nitrogen and oxygen atoms in total. The smallest absolute Gasteiger partial charge is 0.335 e. The first-order chi connectivity index (χ1) is 12.9. The van der Waals surface area contributed by atoms with Crippen LogP contribution < -0.4 is 15.4 Å². The highest BCUT2D eigenvalue weighted by molar-refractivity contribution is 7.94. The van der Waals surface area contributed by atoms with Crippen LogP contribution in [0.5, 0.6) is 0 Å². The molecule has 0 radical (unpaired) electrons. The van der Waals surface area contributed by atoms with Crippen LogP contribution in [0, 0.1) is 12.3 Å². The van der Waals surface area contributed by atoms with Crippen molar-refractivity contribution in [2.24, 2.45) is 0 Å². The number of sulfonamides is 1. The number of urea groups is 1. The first-order valence-electron chi connectivity index (χ1n) is 8.72. The van der Waals surface area contributed by atoms with Gasteiger partial charge >= 0.3 is 6.03 Å². The van der Waals surface area contributed by atoms with Crippen LogP contribution in [0.3, 0.4) is 0 Å². The SMILES string of the molecule is Cc1nc(NC(=O)NS(=O)(=O)/C(C=N)=C2/NCCCO2)nc2c1CCCC2. The fraction of sp³-hybridized carbons (Fsp3) is 0.500. The van der Waals surface area contributed by atoms with E-state index < -0.39 is 21.0 Å². The minimum absolute atomic E-state index is 0.0441. The first kappa shape index (κ1) is 19.1. The molecule has 1 aromatic heterocycles. The Morgan fingerprint density at radius 2 is 2.04 bits per heavy atom. The van der Waals surface area contributed by atoms with Crippen LogP contribution in [-0.2, 0) is 27.6 Å². The molecule has 1 aromatic rings. The summed E-state index contributed by atoms with van der Waals surface area (Å²) in [7, 11) is -4.29. The average Bonchev–Trinajstić information content (AvgIpc) is 2.62. The zero-order valence-electron chi connectivity index (χ0n) is 15.0. The Labute approximate surface area is 157 Å². The number of ether oxygens (including phenoxy) is 1. The summed E-state index contributed by atoms with van der Waals surface area (Å²) in [6.45, 7) is 2.70. The van der Waals surface area contributed by atoms with E-state index in [-0.39, 0.29) is 11.8 Å². The summed E-state index contributed by atoms with van der Waals surface area (Å²) < 4.78 is 31.9. The van der Waals surface area contributed by atoms with Crippen LogP contribution in [0.2, 0.25) is 0 Å². The number of carbonyl (C=O) groups is 1. The summed E-state index contributed by atoms with van der Waals surface area (Å²) in [6.07, 6.45) is 5.17. The van der Waals surface area contributed by atoms with E-state index in [4.69, 9.17) is 10.1 Å². The number of nitrogens with zero attached hydrogens (tertiary/aromatic N) is 2. The number of fused-ring (bicyclic) bond motifs is 1. The molecule has 2 aliphatic rings. The topological polar surface area (TPSA) is 146 Å². The highest BCUT2D eigenvalue weighted by Crippen LogP contribution is 2.22. The molecule has 0 atom stereocenters. The maximum absolute atomic E-state index is 12.4. The minimum atomic E-state index is -4.29. The molecule has 4 N–H and O–H groups in total. The molecule has 0 bridgehead atoms. The van der Waals surface area contributed by atoms with Gasteiger partial charge in [-0.3, -0.25) is 5.32 Å². The summed E-state index contributed by atoms with van der Waals surface area (Å²) in [5.41, 5.74) is 2.75. The molecule has 1 saturated heterocycles. The number of anilines is 1. The average molecular weight is 394 g/mol. The van der Waals surface area contributed by atoms with Crippen molar-refractivity contribution in [3.63, 3.8) is 0 Å². The van der Waals surface area contributed by atoms with E-state index in [1.807, 2.05) is 11.6 Å². The molecule has 27 heavy (non-hydrogen) atoms. The van der Waals surface area contributed by atoms with Gasteiger partial charge in [-0.2, -0.15) is 0 Å². The predicted molar refractivity (Wildman–Crippen MR) is 98.9 cm³/mol. The van der Waals surface area contributed by atoms with Gasteiger partial charge in [-0.25, -0.2) is 27.9 Å². The summed E-state index contributed by atoms with van der Waals surface area (Å²) in [6, 6.07) is -0.999. The fourth-order valence-corrected chi connectivity index (χ4v) is 4.00. The molecule has 1 fully saturated rings. The molecular weight excluding hydrogens is 372 g/mol. The van der Waals surface area contributed by atoms with Gasteiger partial charge in [-0.1, -0.05) is 0 Å². The summed E-state index contributed by atoms with van der Waals surface area (Å²) in [4.78, 5) is 20.3. The number of rotatable bonds is 4. The lowest BCUT2D eigenvalue weighted by Gasteiger charge is -2.20. The van der Waals surface area contributed by atoms with E-state index in [2.05, 4.69) is 20.6 Å². The third-order valence-electron chi connectivity index (χ3n) is 4.34. The zero-order chi connectivity index (χ0) is 19.4. The molecule has 0 spiro atoms. The van der Waals surface area contributed by atoms with E-state index in [9.17, 15) is 13.2 Å². The molecule has 2 amide bonds. The molecule has 1 aliphatic heterocycles. The van der Waals surface area contributed by atoms with E-state index in [0.717, 1.165) is 49.1 Å². The standard InChI is InChI=1S/C16H22N6O4S/c1-10-11-5-2-3-6-12(11)20-15(19-10)21-16(23)22-27(24,25)13(9-17)14-18-7-4-8-26-14/h9,17-18H,2-8H2,1H3,(H2,19,20,21,22,23)/b14-13-,17-9?. The molecule has 0 saturated carbocycles. The second kappa shape index (κ2) is 7.91. The summed E-state index contributed by atoms with van der Waals surface area (Å²) >= 11 is 0. The highest BCUT2D eigenvalue weighted by atomic mass is 32.2. The van der Waals surface area contributed by atoms with Crippen LogP contribution in [0.15, 0.2) is 10.8 Å². The van der Waals surface area contributed by atoms with E-state index in [0.29, 0.717) is 19.4 Å². The molecule has 0 unspecified atom stereocenters. The lowest BCUT2D eigenvalue weighted by Crippen LogP contribution is -2.38. The van der Waals surface area contributed by atoms with Gasteiger partial charge in [-0.05, 0) is 44.6 Å². The second-order valence-electron chi connectivity index (χ2n) is 6.29. The van der Waals surface area contributed by atoms with Gasteiger partial charge in [0.2, 0.25) is 11.8 Å². The maximum Gasteiger partial charge on any atom is 0.335 e. The quantitative estimate of drug-likeness (QED) is 0.556. The molecule has 11 heteroatoms. The van der Waals surface area contributed by atoms with Gasteiger partial charge in [0, 0.05) is 24.1 Å². The van der Waals surface area contributed by atoms with Gasteiger partial charge in [0.1, 0.15) is 0 Å². The van der Waals surface area contributed by atoms with Crippen molar-refractivity contribution in [1.29, 1.82) is 5.41 Å². The lowest BCUT2D eigenvalue weighted by molar-refractivity contribution is 0.157. The Kier molecular flexibility index (Phi) is 5.59. The molecule has 146 valence electrons. The van der Waals surface area contributed by atoms with Crippen molar-refractivity contribution >= 4 is 28.2 Å². The normalized spacial score (nSPS) is 18.4. The van der Waals surface area contributed by atoms with Crippen molar-refractivity contribution in [3.8, 4) is 0 Å². The van der Waals surface area contributed by atoms with Gasteiger partial charge in [0.25, 0.3) is 10.0 Å². The van der Waals surface area contributed by atoms with E-state index in [1.54, 1.807) is 0 Å². The number of nitrogens with one attached hydrogen (secondary N) is 4. The third-order valence-corrected chi connectivity index (χ3v) is 5.68. The number of carbonyl (C=O) groups excluding carboxylic acids is 1. The van der Waals surface area contributed by atoms with Crippen LogP contribution >= 0.6 is 0 Å². The molecule has 1 aliphatic carbocycles.